The molecule has 6 heteroatoms. The normalized spacial score (nSPS) is 13.3. The van der Waals surface area contributed by atoms with E-state index < -0.39 is 11.9 Å². The molecule has 0 aliphatic rings. The number of carbonyl (C=O) groups is 2. The van der Waals surface area contributed by atoms with Crippen molar-refractivity contribution in [3.05, 3.63) is 46.8 Å². The van der Waals surface area contributed by atoms with Gasteiger partial charge < -0.3 is 14.9 Å². The molecule has 0 aliphatic heterocycles. The minimum Gasteiger partial charge on any atom is -0.481 e. The molecule has 2 rings (SSSR count). The van der Waals surface area contributed by atoms with Gasteiger partial charge in [-0.2, -0.15) is 0 Å². The molecular formula is C19H24N2O4. The lowest BCUT2D eigenvalue weighted by Crippen LogP contribution is -2.15. The van der Waals surface area contributed by atoms with E-state index in [1.54, 1.807) is 19.1 Å². The molecule has 0 saturated carbocycles. The van der Waals surface area contributed by atoms with Crippen LogP contribution in [-0.2, 0) is 16.0 Å². The summed E-state index contributed by atoms with van der Waals surface area (Å²) in [6, 6.07) is 7.27. The molecule has 2 aromatic rings. The van der Waals surface area contributed by atoms with Crippen LogP contribution >= 0.6 is 0 Å². The lowest BCUT2D eigenvalue weighted by Gasteiger charge is -2.12. The molecule has 1 heterocycles. The zero-order valence-corrected chi connectivity index (χ0v) is 15.0. The minimum atomic E-state index is -0.814. The van der Waals surface area contributed by atoms with Gasteiger partial charge in [0.15, 0.2) is 0 Å². The number of aliphatic carboxylic acids is 1. The summed E-state index contributed by atoms with van der Waals surface area (Å²) in [5, 5.41) is 15.7. The van der Waals surface area contributed by atoms with E-state index in [2.05, 4.69) is 10.5 Å². The van der Waals surface area contributed by atoms with Crippen molar-refractivity contribution in [2.75, 3.05) is 5.32 Å². The Morgan fingerprint density at radius 2 is 1.84 bits per heavy atom. The maximum atomic E-state index is 12.3. The van der Waals surface area contributed by atoms with Crippen molar-refractivity contribution in [2.45, 2.75) is 46.5 Å². The van der Waals surface area contributed by atoms with Crippen molar-refractivity contribution in [3.8, 4) is 0 Å². The van der Waals surface area contributed by atoms with Crippen LogP contribution in [0.1, 0.15) is 48.8 Å². The van der Waals surface area contributed by atoms with Gasteiger partial charge in [0.25, 0.3) is 0 Å². The van der Waals surface area contributed by atoms with E-state index in [9.17, 15) is 9.59 Å². The van der Waals surface area contributed by atoms with Gasteiger partial charge in [0, 0.05) is 17.7 Å². The van der Waals surface area contributed by atoms with Crippen LogP contribution in [0.2, 0.25) is 0 Å². The first-order valence-electron chi connectivity index (χ1n) is 8.32. The Morgan fingerprint density at radius 3 is 2.36 bits per heavy atom. The molecular weight excluding hydrogens is 320 g/mol. The zero-order chi connectivity index (χ0) is 18.6. The summed E-state index contributed by atoms with van der Waals surface area (Å²) in [6.07, 6.45) is 0.799. The molecule has 0 radical (unpaired) electrons. The molecule has 0 aliphatic carbocycles. The number of carboxylic acids is 1. The van der Waals surface area contributed by atoms with Crippen LogP contribution < -0.4 is 5.32 Å². The van der Waals surface area contributed by atoms with Gasteiger partial charge in [-0.1, -0.05) is 31.1 Å². The maximum Gasteiger partial charge on any atom is 0.306 e. The Bertz CT molecular complexity index is 730. The summed E-state index contributed by atoms with van der Waals surface area (Å²) in [6.45, 7) is 7.37. The van der Waals surface area contributed by atoms with Crippen LogP contribution in [-0.4, -0.2) is 22.1 Å². The Hall–Kier alpha value is -2.63. The summed E-state index contributed by atoms with van der Waals surface area (Å²) in [7, 11) is 0. The van der Waals surface area contributed by atoms with Gasteiger partial charge in [-0.3, -0.25) is 9.59 Å². The Kier molecular flexibility index (Phi) is 5.96. The highest BCUT2D eigenvalue weighted by molar-refractivity contribution is 5.91. The number of aryl methyl sites for hydroxylation is 2. The molecule has 0 bridgehead atoms. The molecule has 25 heavy (non-hydrogen) atoms. The van der Waals surface area contributed by atoms with Crippen LogP contribution in [0.15, 0.2) is 28.8 Å². The average molecular weight is 344 g/mol. The SMILES string of the molecule is Cc1noc(C)c1C(C)CC(=O)Nc1ccc(CC(C)C(=O)O)cc1. The second kappa shape index (κ2) is 7.96. The molecule has 0 saturated heterocycles. The molecule has 2 N–H and O–H groups in total. The van der Waals surface area contributed by atoms with Crippen LogP contribution in [0.4, 0.5) is 5.69 Å². The third-order valence-corrected chi connectivity index (χ3v) is 4.27. The summed E-state index contributed by atoms with van der Waals surface area (Å²) in [5.74, 6) is -0.571. The third-order valence-electron chi connectivity index (χ3n) is 4.27. The number of nitrogens with one attached hydrogen (secondary N) is 1. The standard InChI is InChI=1S/C19H24N2O4/c1-11(18-13(3)21-25-14(18)4)10-17(22)20-16-7-5-15(6-8-16)9-12(2)19(23)24/h5-8,11-12H,9-10H2,1-4H3,(H,20,22)(H,23,24). The minimum absolute atomic E-state index is 0.0157. The monoisotopic (exact) mass is 344 g/mol. The Morgan fingerprint density at radius 1 is 1.20 bits per heavy atom. The van der Waals surface area contributed by atoms with Gasteiger partial charge in [0.1, 0.15) is 5.76 Å². The van der Waals surface area contributed by atoms with Gasteiger partial charge in [0.05, 0.1) is 11.6 Å². The van der Waals surface area contributed by atoms with Crippen molar-refractivity contribution in [3.63, 3.8) is 0 Å². The third kappa shape index (κ3) is 4.92. The molecule has 0 spiro atoms. The molecule has 1 aromatic heterocycles. The predicted molar refractivity (Wildman–Crippen MR) is 94.6 cm³/mol. The van der Waals surface area contributed by atoms with Gasteiger partial charge in [-0.15, -0.1) is 0 Å². The number of benzene rings is 1. The van der Waals surface area contributed by atoms with Crippen LogP contribution in [0.3, 0.4) is 0 Å². The fourth-order valence-electron chi connectivity index (χ4n) is 2.95. The summed E-state index contributed by atoms with van der Waals surface area (Å²) >= 11 is 0. The van der Waals surface area contributed by atoms with Gasteiger partial charge in [0.2, 0.25) is 5.91 Å². The van der Waals surface area contributed by atoms with Gasteiger partial charge in [-0.05, 0) is 43.9 Å². The first-order chi connectivity index (χ1) is 11.8. The van der Waals surface area contributed by atoms with Crippen LogP contribution in [0, 0.1) is 19.8 Å². The highest BCUT2D eigenvalue weighted by Gasteiger charge is 2.19. The number of anilines is 1. The van der Waals surface area contributed by atoms with E-state index in [1.807, 2.05) is 32.9 Å². The number of hydrogen-bond acceptors (Lipinski definition) is 4. The summed E-state index contributed by atoms with van der Waals surface area (Å²) in [5.41, 5.74) is 3.42. The van der Waals surface area contributed by atoms with Crippen LogP contribution in [0.5, 0.6) is 0 Å². The smallest absolute Gasteiger partial charge is 0.306 e. The number of nitrogens with zero attached hydrogens (tertiary/aromatic N) is 1. The first kappa shape index (κ1) is 18.7. The van der Waals surface area contributed by atoms with Crippen molar-refractivity contribution < 1.29 is 19.2 Å². The molecule has 0 fully saturated rings. The number of rotatable bonds is 7. The molecule has 2 atom stereocenters. The van der Waals surface area contributed by atoms with E-state index in [1.165, 1.54) is 0 Å². The predicted octanol–water partition coefficient (Wildman–Crippen LogP) is 3.69. The molecule has 2 unspecified atom stereocenters. The van der Waals surface area contributed by atoms with E-state index in [0.717, 1.165) is 22.6 Å². The molecule has 6 nitrogen and oxygen atoms in total. The maximum absolute atomic E-state index is 12.3. The lowest BCUT2D eigenvalue weighted by atomic mass is 9.96. The van der Waals surface area contributed by atoms with Crippen molar-refractivity contribution >= 4 is 17.6 Å². The van der Waals surface area contributed by atoms with Crippen LogP contribution in [0.25, 0.3) is 0 Å². The fourth-order valence-corrected chi connectivity index (χ4v) is 2.95. The molecule has 1 amide bonds. The number of carbonyl (C=O) groups excluding carboxylic acids is 1. The Balaban J connectivity index is 1.93. The summed E-state index contributed by atoms with van der Waals surface area (Å²) in [4.78, 5) is 23.1. The summed E-state index contributed by atoms with van der Waals surface area (Å²) < 4.78 is 5.15. The second-order valence-corrected chi connectivity index (χ2v) is 6.53. The zero-order valence-electron chi connectivity index (χ0n) is 15.0. The van der Waals surface area contributed by atoms with Gasteiger partial charge >= 0.3 is 5.97 Å². The van der Waals surface area contributed by atoms with E-state index in [0.29, 0.717) is 18.5 Å². The van der Waals surface area contributed by atoms with E-state index in [4.69, 9.17) is 9.63 Å². The molecule has 134 valence electrons. The average Bonchev–Trinajstić information content (AvgIpc) is 2.87. The fraction of sp³-hybridized carbons (Fsp3) is 0.421. The van der Waals surface area contributed by atoms with E-state index in [-0.39, 0.29) is 11.8 Å². The molecule has 1 aromatic carbocycles. The van der Waals surface area contributed by atoms with Crippen molar-refractivity contribution in [1.29, 1.82) is 0 Å². The van der Waals surface area contributed by atoms with Gasteiger partial charge in [-0.25, -0.2) is 0 Å². The van der Waals surface area contributed by atoms with Crippen molar-refractivity contribution in [2.24, 2.45) is 5.92 Å². The van der Waals surface area contributed by atoms with E-state index >= 15 is 0 Å². The number of carboxylic acid groups (broad SMARTS) is 1. The Labute approximate surface area is 147 Å². The second-order valence-electron chi connectivity index (χ2n) is 6.53. The number of aromatic nitrogens is 1. The topological polar surface area (TPSA) is 92.4 Å². The highest BCUT2D eigenvalue weighted by atomic mass is 16.5. The number of amides is 1. The lowest BCUT2D eigenvalue weighted by molar-refractivity contribution is -0.141. The number of hydrogen-bond donors (Lipinski definition) is 2. The largest absolute Gasteiger partial charge is 0.481 e. The highest BCUT2D eigenvalue weighted by Crippen LogP contribution is 2.26. The van der Waals surface area contributed by atoms with Crippen molar-refractivity contribution in [1.82, 2.24) is 5.16 Å². The quantitative estimate of drug-likeness (QED) is 0.799. The first-order valence-corrected chi connectivity index (χ1v) is 8.32.